The highest BCUT2D eigenvalue weighted by Crippen LogP contribution is 2.23. The predicted octanol–water partition coefficient (Wildman–Crippen LogP) is 3.83. The van der Waals surface area contributed by atoms with Gasteiger partial charge in [0, 0.05) is 34.5 Å². The molecule has 0 aromatic heterocycles. The van der Waals surface area contributed by atoms with Crippen molar-refractivity contribution in [1.29, 1.82) is 0 Å². The molecule has 0 bridgehead atoms. The van der Waals surface area contributed by atoms with E-state index in [-0.39, 0.29) is 17.8 Å². The Kier molecular flexibility index (Phi) is 6.87. The van der Waals surface area contributed by atoms with Crippen LogP contribution in [0.3, 0.4) is 0 Å². The van der Waals surface area contributed by atoms with Gasteiger partial charge < -0.3 is 20.9 Å². The summed E-state index contributed by atoms with van der Waals surface area (Å²) < 4.78 is 0.894. The molecular formula is C21H23BrN4O3. The van der Waals surface area contributed by atoms with Crippen molar-refractivity contribution in [2.24, 2.45) is 0 Å². The van der Waals surface area contributed by atoms with Crippen molar-refractivity contribution in [1.82, 2.24) is 10.2 Å². The third-order valence-corrected chi connectivity index (χ3v) is 5.16. The van der Waals surface area contributed by atoms with Crippen LogP contribution in [-0.4, -0.2) is 41.9 Å². The zero-order chi connectivity index (χ0) is 20.8. The van der Waals surface area contributed by atoms with Crippen LogP contribution in [0.2, 0.25) is 0 Å². The number of urea groups is 1. The first-order valence-electron chi connectivity index (χ1n) is 9.50. The third kappa shape index (κ3) is 5.35. The van der Waals surface area contributed by atoms with Gasteiger partial charge in [0.25, 0.3) is 5.91 Å². The molecule has 152 valence electrons. The Morgan fingerprint density at radius 2 is 1.76 bits per heavy atom. The number of benzene rings is 2. The third-order valence-electron chi connectivity index (χ3n) is 4.63. The second-order valence-electron chi connectivity index (χ2n) is 6.72. The Morgan fingerprint density at radius 1 is 1.07 bits per heavy atom. The minimum Gasteiger partial charge on any atom is -0.338 e. The second kappa shape index (κ2) is 9.56. The molecule has 0 spiro atoms. The van der Waals surface area contributed by atoms with Gasteiger partial charge in [-0.2, -0.15) is 0 Å². The number of anilines is 2. The van der Waals surface area contributed by atoms with E-state index >= 15 is 0 Å². The molecule has 0 saturated carbocycles. The van der Waals surface area contributed by atoms with E-state index in [9.17, 15) is 14.4 Å². The summed E-state index contributed by atoms with van der Waals surface area (Å²) in [6.07, 6.45) is 1.39. The lowest BCUT2D eigenvalue weighted by Gasteiger charge is -2.24. The Bertz CT molecular complexity index is 901. The minimum absolute atomic E-state index is 0.151. The van der Waals surface area contributed by atoms with Crippen molar-refractivity contribution in [2.45, 2.75) is 25.8 Å². The van der Waals surface area contributed by atoms with Gasteiger partial charge in [0.15, 0.2) is 0 Å². The lowest BCUT2D eigenvalue weighted by atomic mass is 10.1. The molecular weight excluding hydrogens is 436 g/mol. The van der Waals surface area contributed by atoms with Gasteiger partial charge in [0.2, 0.25) is 5.91 Å². The van der Waals surface area contributed by atoms with Crippen molar-refractivity contribution < 1.29 is 14.4 Å². The molecule has 4 amide bonds. The fourth-order valence-electron chi connectivity index (χ4n) is 3.28. The van der Waals surface area contributed by atoms with Crippen LogP contribution in [0.4, 0.5) is 16.2 Å². The second-order valence-corrected chi connectivity index (χ2v) is 7.63. The van der Waals surface area contributed by atoms with Crippen molar-refractivity contribution >= 4 is 45.2 Å². The topological polar surface area (TPSA) is 90.5 Å². The van der Waals surface area contributed by atoms with Gasteiger partial charge in [-0.05, 0) is 62.2 Å². The van der Waals surface area contributed by atoms with E-state index < -0.39 is 6.04 Å². The standard InChI is InChI=1S/C21H23BrN4O3/c1-2-23-21(29)25-17-6-3-5-16(13-17)24-19(27)18-7-4-12-26(18)20(28)14-8-10-15(22)11-9-14/h3,5-6,8-11,13,18H,2,4,7,12H2,1H3,(H,24,27)(H2,23,25,29). The SMILES string of the molecule is CCNC(=O)Nc1cccc(NC(=O)C2CCCN2C(=O)c2ccc(Br)cc2)c1. The zero-order valence-corrected chi connectivity index (χ0v) is 17.7. The highest BCUT2D eigenvalue weighted by Gasteiger charge is 2.34. The quantitative estimate of drug-likeness (QED) is 0.635. The molecule has 1 atom stereocenters. The van der Waals surface area contributed by atoms with Gasteiger partial charge in [-0.1, -0.05) is 22.0 Å². The molecule has 7 nitrogen and oxygen atoms in total. The molecule has 1 fully saturated rings. The van der Waals surface area contributed by atoms with E-state index in [0.717, 1.165) is 10.9 Å². The number of hydrogen-bond acceptors (Lipinski definition) is 3. The fraction of sp³-hybridized carbons (Fsp3) is 0.286. The van der Waals surface area contributed by atoms with Crippen molar-refractivity contribution in [3.8, 4) is 0 Å². The number of halogens is 1. The number of carbonyl (C=O) groups excluding carboxylic acids is 3. The molecule has 3 rings (SSSR count). The number of nitrogens with zero attached hydrogens (tertiary/aromatic N) is 1. The minimum atomic E-state index is -0.522. The van der Waals surface area contributed by atoms with E-state index in [4.69, 9.17) is 0 Å². The van der Waals surface area contributed by atoms with E-state index in [1.54, 1.807) is 41.3 Å². The number of rotatable bonds is 5. The van der Waals surface area contributed by atoms with Crippen LogP contribution in [-0.2, 0) is 4.79 Å². The molecule has 1 aliphatic heterocycles. The number of amides is 4. The predicted molar refractivity (Wildman–Crippen MR) is 116 cm³/mol. The molecule has 2 aromatic rings. The van der Waals surface area contributed by atoms with Crippen LogP contribution < -0.4 is 16.0 Å². The largest absolute Gasteiger partial charge is 0.338 e. The Hall–Kier alpha value is -2.87. The summed E-state index contributed by atoms with van der Waals surface area (Å²) in [6, 6.07) is 13.2. The molecule has 1 heterocycles. The van der Waals surface area contributed by atoms with E-state index in [1.807, 2.05) is 19.1 Å². The molecule has 8 heteroatoms. The van der Waals surface area contributed by atoms with Gasteiger partial charge in [-0.15, -0.1) is 0 Å². The van der Waals surface area contributed by atoms with Crippen LogP contribution in [0.1, 0.15) is 30.1 Å². The molecule has 0 aliphatic carbocycles. The molecule has 2 aromatic carbocycles. The Morgan fingerprint density at radius 3 is 2.45 bits per heavy atom. The van der Waals surface area contributed by atoms with Crippen LogP contribution in [0.5, 0.6) is 0 Å². The molecule has 1 unspecified atom stereocenters. The summed E-state index contributed by atoms with van der Waals surface area (Å²) in [4.78, 5) is 39.0. The lowest BCUT2D eigenvalue weighted by molar-refractivity contribution is -0.119. The summed E-state index contributed by atoms with van der Waals surface area (Å²) in [5, 5.41) is 8.22. The average Bonchev–Trinajstić information content (AvgIpc) is 3.18. The maximum Gasteiger partial charge on any atom is 0.319 e. The molecule has 1 saturated heterocycles. The van der Waals surface area contributed by atoms with E-state index in [0.29, 0.717) is 36.4 Å². The Labute approximate surface area is 178 Å². The molecule has 3 N–H and O–H groups in total. The van der Waals surface area contributed by atoms with Gasteiger partial charge in [0.1, 0.15) is 6.04 Å². The van der Waals surface area contributed by atoms with Crippen molar-refractivity contribution in [2.75, 3.05) is 23.7 Å². The van der Waals surface area contributed by atoms with Gasteiger partial charge >= 0.3 is 6.03 Å². The molecule has 0 radical (unpaired) electrons. The monoisotopic (exact) mass is 458 g/mol. The first-order chi connectivity index (χ1) is 14.0. The van der Waals surface area contributed by atoms with E-state index in [1.165, 1.54) is 0 Å². The molecule has 1 aliphatic rings. The van der Waals surface area contributed by atoms with Crippen LogP contribution in [0.25, 0.3) is 0 Å². The fourth-order valence-corrected chi connectivity index (χ4v) is 3.54. The van der Waals surface area contributed by atoms with Crippen LogP contribution in [0.15, 0.2) is 53.0 Å². The summed E-state index contributed by atoms with van der Waals surface area (Å²) in [5.74, 6) is -0.384. The van der Waals surface area contributed by atoms with Crippen LogP contribution >= 0.6 is 15.9 Å². The summed E-state index contributed by atoms with van der Waals surface area (Å²) in [6.45, 7) is 2.90. The normalized spacial score (nSPS) is 15.7. The average molecular weight is 459 g/mol. The number of hydrogen-bond donors (Lipinski definition) is 3. The Balaban J connectivity index is 1.67. The zero-order valence-electron chi connectivity index (χ0n) is 16.1. The number of carbonyl (C=O) groups is 3. The van der Waals surface area contributed by atoms with Gasteiger partial charge in [-0.3, -0.25) is 9.59 Å². The lowest BCUT2D eigenvalue weighted by Crippen LogP contribution is -2.43. The first-order valence-corrected chi connectivity index (χ1v) is 10.3. The van der Waals surface area contributed by atoms with Gasteiger partial charge in [-0.25, -0.2) is 4.79 Å². The van der Waals surface area contributed by atoms with Gasteiger partial charge in [0.05, 0.1) is 0 Å². The maximum absolute atomic E-state index is 12.8. The van der Waals surface area contributed by atoms with Crippen molar-refractivity contribution in [3.05, 3.63) is 58.6 Å². The summed E-state index contributed by atoms with van der Waals surface area (Å²) >= 11 is 3.36. The smallest absolute Gasteiger partial charge is 0.319 e. The van der Waals surface area contributed by atoms with Crippen molar-refractivity contribution in [3.63, 3.8) is 0 Å². The van der Waals surface area contributed by atoms with E-state index in [2.05, 4.69) is 31.9 Å². The highest BCUT2D eigenvalue weighted by atomic mass is 79.9. The number of likely N-dealkylation sites (tertiary alicyclic amines) is 1. The summed E-state index contributed by atoms with van der Waals surface area (Å²) in [5.41, 5.74) is 1.69. The molecule has 29 heavy (non-hydrogen) atoms. The maximum atomic E-state index is 12.8. The highest BCUT2D eigenvalue weighted by molar-refractivity contribution is 9.10. The first kappa shape index (κ1) is 20.9. The van der Waals surface area contributed by atoms with Crippen LogP contribution in [0, 0.1) is 0 Å². The summed E-state index contributed by atoms with van der Waals surface area (Å²) in [7, 11) is 0. The number of nitrogens with one attached hydrogen (secondary N) is 3.